The zero-order chi connectivity index (χ0) is 21.9. The van der Waals surface area contributed by atoms with Crippen molar-refractivity contribution in [2.24, 2.45) is 0 Å². The summed E-state index contributed by atoms with van der Waals surface area (Å²) in [6.07, 6.45) is 5.19. The van der Waals surface area contributed by atoms with E-state index in [4.69, 9.17) is 4.42 Å². The second-order valence-corrected chi connectivity index (χ2v) is 7.83. The van der Waals surface area contributed by atoms with Crippen molar-refractivity contribution in [2.75, 3.05) is 0 Å². The summed E-state index contributed by atoms with van der Waals surface area (Å²) < 4.78 is 7.10. The second-order valence-electron chi connectivity index (χ2n) is 7.83. The van der Waals surface area contributed by atoms with Crippen LogP contribution in [0.25, 0.3) is 16.8 Å². The molecule has 0 saturated heterocycles. The summed E-state index contributed by atoms with van der Waals surface area (Å²) in [6.45, 7) is 2.82. The van der Waals surface area contributed by atoms with Crippen LogP contribution < -0.4 is 0 Å². The first-order valence-corrected chi connectivity index (χ1v) is 10.6. The summed E-state index contributed by atoms with van der Waals surface area (Å²) in [5.41, 5.74) is 6.41. The van der Waals surface area contributed by atoms with E-state index in [1.807, 2.05) is 64.9 Å². The first kappa shape index (κ1) is 19.8. The van der Waals surface area contributed by atoms with Crippen molar-refractivity contribution in [3.63, 3.8) is 0 Å². The Morgan fingerprint density at radius 1 is 0.875 bits per heavy atom. The van der Waals surface area contributed by atoms with Crippen LogP contribution in [-0.4, -0.2) is 20.2 Å². The number of furan rings is 1. The van der Waals surface area contributed by atoms with Crippen molar-refractivity contribution < 1.29 is 9.21 Å². The summed E-state index contributed by atoms with van der Waals surface area (Å²) in [6, 6.07) is 26.3. The lowest BCUT2D eigenvalue weighted by Gasteiger charge is -2.23. The number of rotatable bonds is 6. The number of carbonyl (C=O) groups excluding carboxylic acids is 1. The lowest BCUT2D eigenvalue weighted by molar-refractivity contribution is 0.0722. The number of hydrogen-bond donors (Lipinski definition) is 0. The van der Waals surface area contributed by atoms with Gasteiger partial charge in [-0.2, -0.15) is 0 Å². The van der Waals surface area contributed by atoms with Gasteiger partial charge in [-0.25, -0.2) is 4.98 Å². The van der Waals surface area contributed by atoms with E-state index in [0.717, 1.165) is 28.0 Å². The van der Waals surface area contributed by atoms with Crippen molar-refractivity contribution in [3.8, 4) is 11.1 Å². The van der Waals surface area contributed by atoms with Gasteiger partial charge in [-0.3, -0.25) is 9.20 Å². The summed E-state index contributed by atoms with van der Waals surface area (Å²) in [4.78, 5) is 20.1. The normalized spacial score (nSPS) is 11.0. The quantitative estimate of drug-likeness (QED) is 0.351. The summed E-state index contributed by atoms with van der Waals surface area (Å²) >= 11 is 0. The molecule has 5 nitrogen and oxygen atoms in total. The molecule has 0 aliphatic heterocycles. The molecule has 3 aromatic heterocycles. The SMILES string of the molecule is Cc1nc2ccccn2c1C(=O)N(Cc1ccc(-c2ccccc2)cc1)Cc1ccoc1. The molecule has 0 bridgehead atoms. The van der Waals surface area contributed by atoms with Gasteiger partial charge in [-0.05, 0) is 41.8 Å². The number of nitrogens with zero attached hydrogens (tertiary/aromatic N) is 3. The summed E-state index contributed by atoms with van der Waals surface area (Å²) in [7, 11) is 0. The molecule has 32 heavy (non-hydrogen) atoms. The zero-order valence-corrected chi connectivity index (χ0v) is 17.8. The first-order valence-electron chi connectivity index (χ1n) is 10.6. The smallest absolute Gasteiger partial charge is 0.273 e. The van der Waals surface area contributed by atoms with Gasteiger partial charge in [0, 0.05) is 24.8 Å². The molecule has 0 fully saturated rings. The number of benzene rings is 2. The highest BCUT2D eigenvalue weighted by Gasteiger charge is 2.23. The molecular weight excluding hydrogens is 398 g/mol. The molecule has 0 unspecified atom stereocenters. The third-order valence-corrected chi connectivity index (χ3v) is 5.58. The Balaban J connectivity index is 1.46. The van der Waals surface area contributed by atoms with Crippen LogP contribution in [0.3, 0.4) is 0 Å². The number of fused-ring (bicyclic) bond motifs is 1. The van der Waals surface area contributed by atoms with Crippen molar-refractivity contribution >= 4 is 11.6 Å². The fraction of sp³-hybridized carbons (Fsp3) is 0.111. The molecule has 5 aromatic rings. The minimum Gasteiger partial charge on any atom is -0.472 e. The number of pyridine rings is 1. The topological polar surface area (TPSA) is 50.8 Å². The second kappa shape index (κ2) is 8.55. The van der Waals surface area contributed by atoms with Crippen LogP contribution in [0.5, 0.6) is 0 Å². The van der Waals surface area contributed by atoms with Crippen molar-refractivity contribution in [1.29, 1.82) is 0 Å². The Labute approximate surface area is 186 Å². The Hall–Kier alpha value is -4.12. The number of imidazole rings is 1. The third kappa shape index (κ3) is 3.93. The van der Waals surface area contributed by atoms with E-state index in [2.05, 4.69) is 41.4 Å². The fourth-order valence-electron chi connectivity index (χ4n) is 3.98. The molecule has 0 radical (unpaired) electrons. The molecule has 0 spiro atoms. The molecule has 158 valence electrons. The van der Waals surface area contributed by atoms with Crippen LogP contribution in [0, 0.1) is 6.92 Å². The van der Waals surface area contributed by atoms with Crippen LogP contribution in [0.15, 0.2) is 102 Å². The first-order chi connectivity index (χ1) is 15.7. The van der Waals surface area contributed by atoms with Gasteiger partial charge in [0.15, 0.2) is 0 Å². The maximum atomic E-state index is 13.7. The van der Waals surface area contributed by atoms with E-state index in [0.29, 0.717) is 18.8 Å². The summed E-state index contributed by atoms with van der Waals surface area (Å²) in [5, 5.41) is 0. The zero-order valence-electron chi connectivity index (χ0n) is 17.8. The van der Waals surface area contributed by atoms with Gasteiger partial charge >= 0.3 is 0 Å². The lowest BCUT2D eigenvalue weighted by atomic mass is 10.0. The van der Waals surface area contributed by atoms with E-state index < -0.39 is 0 Å². The third-order valence-electron chi connectivity index (χ3n) is 5.58. The number of aryl methyl sites for hydroxylation is 1. The van der Waals surface area contributed by atoms with Gasteiger partial charge in [0.2, 0.25) is 0 Å². The Bertz CT molecular complexity index is 1340. The molecule has 1 amide bonds. The van der Waals surface area contributed by atoms with Crippen LogP contribution in [0.1, 0.15) is 27.3 Å². The van der Waals surface area contributed by atoms with Gasteiger partial charge in [-0.1, -0.05) is 60.7 Å². The molecule has 0 aliphatic rings. The minimum atomic E-state index is -0.0606. The fourth-order valence-corrected chi connectivity index (χ4v) is 3.98. The molecule has 5 heteroatoms. The molecule has 0 aliphatic carbocycles. The highest BCUT2D eigenvalue weighted by atomic mass is 16.3. The average molecular weight is 422 g/mol. The van der Waals surface area contributed by atoms with E-state index >= 15 is 0 Å². The molecule has 5 rings (SSSR count). The lowest BCUT2D eigenvalue weighted by Crippen LogP contribution is -2.31. The highest BCUT2D eigenvalue weighted by molar-refractivity contribution is 5.94. The molecule has 0 atom stereocenters. The van der Waals surface area contributed by atoms with Gasteiger partial charge in [-0.15, -0.1) is 0 Å². The van der Waals surface area contributed by atoms with Gasteiger partial charge in [0.25, 0.3) is 5.91 Å². The van der Waals surface area contributed by atoms with Crippen molar-refractivity contribution in [3.05, 3.63) is 120 Å². The van der Waals surface area contributed by atoms with Gasteiger partial charge < -0.3 is 9.32 Å². The molecular formula is C27H23N3O2. The van der Waals surface area contributed by atoms with E-state index in [1.54, 1.807) is 12.5 Å². The van der Waals surface area contributed by atoms with Crippen molar-refractivity contribution in [2.45, 2.75) is 20.0 Å². The van der Waals surface area contributed by atoms with E-state index in [9.17, 15) is 4.79 Å². The number of amides is 1. The number of hydrogen-bond acceptors (Lipinski definition) is 3. The monoisotopic (exact) mass is 421 g/mol. The predicted octanol–water partition coefficient (Wildman–Crippen LogP) is 5.75. The van der Waals surface area contributed by atoms with Gasteiger partial charge in [0.05, 0.1) is 18.2 Å². The standard InChI is InChI=1S/C27H23N3O2/c1-20-26(30-15-6-5-9-25(30)28-20)27(31)29(18-22-14-16-32-19-22)17-21-10-12-24(13-11-21)23-7-3-2-4-8-23/h2-16,19H,17-18H2,1H3. The maximum Gasteiger partial charge on any atom is 0.273 e. The van der Waals surface area contributed by atoms with Crippen LogP contribution in [0.2, 0.25) is 0 Å². The summed E-state index contributed by atoms with van der Waals surface area (Å²) in [5.74, 6) is -0.0606. The predicted molar refractivity (Wildman–Crippen MR) is 124 cm³/mol. The van der Waals surface area contributed by atoms with Crippen LogP contribution >= 0.6 is 0 Å². The van der Waals surface area contributed by atoms with E-state index in [-0.39, 0.29) is 5.91 Å². The van der Waals surface area contributed by atoms with Gasteiger partial charge in [0.1, 0.15) is 11.3 Å². The Kier molecular flexibility index (Phi) is 5.30. The highest BCUT2D eigenvalue weighted by Crippen LogP contribution is 2.22. The van der Waals surface area contributed by atoms with E-state index in [1.165, 1.54) is 5.56 Å². The maximum absolute atomic E-state index is 13.7. The average Bonchev–Trinajstić information content (AvgIpc) is 3.46. The minimum absolute atomic E-state index is 0.0606. The molecule has 2 aromatic carbocycles. The number of carbonyl (C=O) groups is 1. The molecule has 3 heterocycles. The largest absolute Gasteiger partial charge is 0.472 e. The van der Waals surface area contributed by atoms with Crippen LogP contribution in [-0.2, 0) is 13.1 Å². The Morgan fingerprint density at radius 2 is 1.59 bits per heavy atom. The molecule has 0 N–H and O–H groups in total. The Morgan fingerprint density at radius 3 is 2.34 bits per heavy atom. The number of aromatic nitrogens is 2. The van der Waals surface area contributed by atoms with Crippen molar-refractivity contribution in [1.82, 2.24) is 14.3 Å². The molecule has 0 saturated carbocycles. The van der Waals surface area contributed by atoms with Crippen LogP contribution in [0.4, 0.5) is 0 Å².